The molecule has 23 heteroatoms. The molecule has 0 aromatic carbocycles. The van der Waals surface area contributed by atoms with Crippen LogP contribution in [0.2, 0.25) is 0 Å². The number of carboxylic acids is 10. The van der Waals surface area contributed by atoms with Crippen LogP contribution >= 0.6 is 0 Å². The first-order chi connectivity index (χ1) is 14.2. The first kappa shape index (κ1) is 52.2. The van der Waals surface area contributed by atoms with Crippen molar-refractivity contribution in [3.05, 3.63) is 0 Å². The van der Waals surface area contributed by atoms with Crippen molar-refractivity contribution in [3.8, 4) is 0 Å². The normalized spacial score (nSPS) is 6.65. The topological polar surface area (TPSA) is 422 Å². The Kier molecular flexibility index (Phi) is 51.9. The summed E-state index contributed by atoms with van der Waals surface area (Å²) in [6, 6.07) is 0. The van der Waals surface area contributed by atoms with Gasteiger partial charge in [0.05, 0.1) is 59.7 Å². The minimum absolute atomic E-state index is 0. The van der Waals surface area contributed by atoms with Gasteiger partial charge in [0.15, 0.2) is 0 Å². The van der Waals surface area contributed by atoms with Crippen molar-refractivity contribution >= 4 is 59.7 Å². The Labute approximate surface area is 215 Å². The second-order valence-electron chi connectivity index (χ2n) is 2.87. The maximum Gasteiger partial charge on any atom is 5.00 e. The van der Waals surface area contributed by atoms with Crippen molar-refractivity contribution in [1.82, 2.24) is 0 Å². The van der Waals surface area contributed by atoms with Gasteiger partial charge in [-0.2, -0.15) is 0 Å². The van der Waals surface area contributed by atoms with E-state index in [9.17, 15) is 0 Å². The van der Waals surface area contributed by atoms with Gasteiger partial charge in [-0.25, -0.2) is 0 Å². The van der Waals surface area contributed by atoms with Crippen molar-refractivity contribution in [2.24, 2.45) is 0 Å². The molecule has 0 amide bonds. The monoisotopic (exact) mass is 658 g/mol. The van der Waals surface area contributed by atoms with Crippen molar-refractivity contribution in [2.45, 2.75) is 0 Å². The average molecular weight is 658 g/mol. The summed E-state index contributed by atoms with van der Waals surface area (Å²) in [6.07, 6.45) is 0. The number of hydrogen-bond acceptors (Lipinski definition) is 21. The zero-order chi connectivity index (χ0) is 27.8. The van der Waals surface area contributed by atoms with Gasteiger partial charge in [-0.3, -0.25) is 0 Å². The molecule has 0 fully saturated rings. The first-order valence-corrected chi connectivity index (χ1v) is 5.78. The van der Waals surface area contributed by atoms with Gasteiger partial charge in [-0.05, 0) is 0 Å². The molecule has 0 atom stereocenters. The number of aliphatic carboxylic acids is 10. The van der Waals surface area contributed by atoms with E-state index < -0.39 is 59.7 Å². The van der Waals surface area contributed by atoms with Crippen molar-refractivity contribution in [2.75, 3.05) is 7.11 Å². The van der Waals surface area contributed by atoms with Crippen LogP contribution in [0.25, 0.3) is 0 Å². The molecule has 0 saturated heterocycles. The Morgan fingerprint density at radius 3 is 0.324 bits per heavy atom. The third-order valence-corrected chi connectivity index (χ3v) is 0.833. The Hall–Kier alpha value is -3.86. The summed E-state index contributed by atoms with van der Waals surface area (Å²) in [4.78, 5) is 89.3. The molecular weight excluding hydrogens is 654 g/mol. The van der Waals surface area contributed by atoms with Gasteiger partial charge in [0, 0.05) is 7.11 Å². The fraction of sp³-hybridized carbons (Fsp3) is 0.0909. The summed E-state index contributed by atoms with van der Waals surface area (Å²) in [7, 11) is 1.00. The molecular formula is C11H4Nb2O21. The number of carbonyl (C=O) groups is 10. The Bertz CT molecular complexity index is 510. The standard InChI is InChI=1S/5C2H2O4.CH4O.2Nb/c5*3-1(4)2(5)6;1-2;;/h5*(H,3,4)(H,5,6);2H,1H3;;/q;;;;;;2*+5/p-10. The Morgan fingerprint density at radius 1 is 0.294 bits per heavy atom. The van der Waals surface area contributed by atoms with Crippen LogP contribution in [0.4, 0.5) is 0 Å². The zero-order valence-electron chi connectivity index (χ0n) is 15.5. The van der Waals surface area contributed by atoms with Gasteiger partial charge in [0.25, 0.3) is 0 Å². The predicted molar refractivity (Wildman–Crippen MR) is 58.2 cm³/mol. The maximum absolute atomic E-state index is 8.93. The third kappa shape index (κ3) is 79.6. The molecule has 184 valence electrons. The summed E-state index contributed by atoms with van der Waals surface area (Å²) in [5.74, 6) is -21.9. The molecule has 1 N–H and O–H groups in total. The van der Waals surface area contributed by atoms with Crippen LogP contribution in [0.3, 0.4) is 0 Å². The van der Waals surface area contributed by atoms with Crippen LogP contribution in [-0.2, 0) is 92.7 Å². The fourth-order valence-corrected chi connectivity index (χ4v) is 0. The van der Waals surface area contributed by atoms with Crippen LogP contribution in [0.15, 0.2) is 0 Å². The van der Waals surface area contributed by atoms with E-state index >= 15 is 0 Å². The molecule has 0 aliphatic rings. The molecule has 0 spiro atoms. The Morgan fingerprint density at radius 2 is 0.324 bits per heavy atom. The zero-order valence-corrected chi connectivity index (χ0v) is 19.9. The molecule has 0 radical (unpaired) electrons. The molecule has 0 aromatic rings. The SMILES string of the molecule is CO.O=C([O-])C(=O)[O-].O=C([O-])C(=O)[O-].O=C([O-])C(=O)[O-].O=C([O-])C(=O)[O-].O=C([O-])C(=O)[O-].[Nb+5].[Nb+5]. The number of carboxylic acid groups (broad SMARTS) is 10. The number of aliphatic hydroxyl groups is 1. The molecule has 0 rings (SSSR count). The van der Waals surface area contributed by atoms with Crippen LogP contribution in [-0.4, -0.2) is 71.9 Å². The summed E-state index contributed by atoms with van der Waals surface area (Å²) in [6.45, 7) is 0. The molecule has 0 heterocycles. The quantitative estimate of drug-likeness (QED) is 0.186. The van der Waals surface area contributed by atoms with Gasteiger partial charge >= 0.3 is 44.8 Å². The predicted octanol–water partition coefficient (Wildman–Crippen LogP) is -18.0. The van der Waals surface area contributed by atoms with E-state index in [1.165, 1.54) is 0 Å². The second kappa shape index (κ2) is 33.8. The Balaban J connectivity index is -0.0000000400. The van der Waals surface area contributed by atoms with E-state index in [1.807, 2.05) is 0 Å². The molecule has 0 unspecified atom stereocenters. The molecule has 0 bridgehead atoms. The molecule has 0 aliphatic carbocycles. The third-order valence-electron chi connectivity index (χ3n) is 0.833. The van der Waals surface area contributed by atoms with Gasteiger partial charge in [0.1, 0.15) is 0 Å². The van der Waals surface area contributed by atoms with Gasteiger partial charge in [-0.1, -0.05) is 0 Å². The minimum Gasteiger partial charge on any atom is -0.543 e. The van der Waals surface area contributed by atoms with Crippen LogP contribution in [0.5, 0.6) is 0 Å². The van der Waals surface area contributed by atoms with E-state index in [0.29, 0.717) is 0 Å². The second-order valence-corrected chi connectivity index (χ2v) is 2.87. The number of rotatable bonds is 0. The summed E-state index contributed by atoms with van der Waals surface area (Å²) in [5.41, 5.74) is 0. The average Bonchev–Trinajstić information content (AvgIpc) is 2.64. The minimum atomic E-state index is -2.19. The van der Waals surface area contributed by atoms with E-state index in [1.54, 1.807) is 0 Å². The van der Waals surface area contributed by atoms with Crippen molar-refractivity contribution in [3.63, 3.8) is 0 Å². The number of aliphatic hydroxyl groups excluding tert-OH is 1. The smallest absolute Gasteiger partial charge is 0.543 e. The van der Waals surface area contributed by atoms with Crippen LogP contribution in [0.1, 0.15) is 0 Å². The molecule has 0 saturated carbocycles. The van der Waals surface area contributed by atoms with Crippen LogP contribution in [0, 0.1) is 0 Å². The maximum atomic E-state index is 8.93. The largest absolute Gasteiger partial charge is 5.00 e. The number of carbonyl (C=O) groups excluding carboxylic acids is 10. The van der Waals surface area contributed by atoms with E-state index in [-0.39, 0.29) is 44.8 Å². The summed E-state index contributed by atoms with van der Waals surface area (Å²) < 4.78 is 0. The van der Waals surface area contributed by atoms with Gasteiger partial charge in [-0.15, -0.1) is 0 Å². The molecule has 21 nitrogen and oxygen atoms in total. The van der Waals surface area contributed by atoms with Gasteiger partial charge in [0.2, 0.25) is 0 Å². The summed E-state index contributed by atoms with van der Waals surface area (Å²) >= 11 is 0. The fourth-order valence-electron chi connectivity index (χ4n) is 0. The van der Waals surface area contributed by atoms with Gasteiger partial charge < -0.3 is 104 Å². The van der Waals surface area contributed by atoms with Crippen molar-refractivity contribution < 1.29 is 149 Å². The summed E-state index contributed by atoms with van der Waals surface area (Å²) in [5, 5.41) is 96.3. The molecule has 0 aromatic heterocycles. The van der Waals surface area contributed by atoms with E-state index in [2.05, 4.69) is 0 Å². The number of hydrogen-bond donors (Lipinski definition) is 1. The van der Waals surface area contributed by atoms with Crippen LogP contribution < -0.4 is 51.1 Å². The van der Waals surface area contributed by atoms with E-state index in [4.69, 9.17) is 104 Å². The van der Waals surface area contributed by atoms with E-state index in [0.717, 1.165) is 7.11 Å². The molecule has 34 heavy (non-hydrogen) atoms. The first-order valence-electron chi connectivity index (χ1n) is 5.78. The van der Waals surface area contributed by atoms with Crippen molar-refractivity contribution in [1.29, 1.82) is 0 Å². The molecule has 0 aliphatic heterocycles.